The van der Waals surface area contributed by atoms with Gasteiger partial charge in [0.15, 0.2) is 0 Å². The van der Waals surface area contributed by atoms with Gasteiger partial charge in [0.1, 0.15) is 4.84 Å². The Balaban J connectivity index is 2.23. The Bertz CT molecular complexity index is 787. The molecule has 5 nitrogen and oxygen atoms in total. The van der Waals surface area contributed by atoms with Crippen molar-refractivity contribution in [2.45, 2.75) is 25.6 Å². The van der Waals surface area contributed by atoms with Gasteiger partial charge in [-0.05, 0) is 55.2 Å². The van der Waals surface area contributed by atoms with Crippen LogP contribution in [0.4, 0.5) is 11.4 Å². The standard InChI is InChI=1S/C17H17Cl2N3O2/c1-10-8-11(2)16(17(18)19)12(3)15(10)9-20-21-13-4-6-14(7-5-13)22(23)24/h4-9,17,21H,1-3H3/b20-9+. The van der Waals surface area contributed by atoms with Crippen molar-refractivity contribution in [2.24, 2.45) is 5.10 Å². The van der Waals surface area contributed by atoms with Gasteiger partial charge in [0.2, 0.25) is 0 Å². The van der Waals surface area contributed by atoms with Gasteiger partial charge >= 0.3 is 0 Å². The zero-order chi connectivity index (χ0) is 17.9. The largest absolute Gasteiger partial charge is 0.278 e. The number of alkyl halides is 2. The van der Waals surface area contributed by atoms with E-state index in [2.05, 4.69) is 10.5 Å². The second-order valence-corrected chi connectivity index (χ2v) is 6.53. The van der Waals surface area contributed by atoms with E-state index in [1.54, 1.807) is 18.3 Å². The Morgan fingerprint density at radius 2 is 1.79 bits per heavy atom. The van der Waals surface area contributed by atoms with E-state index in [1.165, 1.54) is 12.1 Å². The second-order valence-electron chi connectivity index (χ2n) is 5.44. The van der Waals surface area contributed by atoms with Gasteiger partial charge in [0.05, 0.1) is 16.8 Å². The van der Waals surface area contributed by atoms with Crippen molar-refractivity contribution < 1.29 is 4.92 Å². The molecule has 0 saturated carbocycles. The predicted molar refractivity (Wildman–Crippen MR) is 99.4 cm³/mol. The summed E-state index contributed by atoms with van der Waals surface area (Å²) in [5, 5.41) is 14.8. The number of hydrogen-bond donors (Lipinski definition) is 1. The summed E-state index contributed by atoms with van der Waals surface area (Å²) in [5.41, 5.74) is 8.48. The Labute approximate surface area is 150 Å². The number of benzene rings is 2. The number of nitro groups is 1. The maximum absolute atomic E-state index is 10.6. The first-order valence-electron chi connectivity index (χ1n) is 7.23. The fourth-order valence-corrected chi connectivity index (χ4v) is 3.25. The number of rotatable bonds is 5. The van der Waals surface area contributed by atoms with Crippen LogP contribution >= 0.6 is 23.2 Å². The minimum Gasteiger partial charge on any atom is -0.278 e. The molecule has 0 unspecified atom stereocenters. The molecule has 0 amide bonds. The van der Waals surface area contributed by atoms with E-state index in [-0.39, 0.29) is 5.69 Å². The summed E-state index contributed by atoms with van der Waals surface area (Å²) in [6.07, 6.45) is 1.70. The SMILES string of the molecule is Cc1cc(C)c(C(Cl)Cl)c(C)c1/C=N/Nc1ccc([N+](=O)[O-])cc1. The number of hydrogen-bond acceptors (Lipinski definition) is 4. The monoisotopic (exact) mass is 365 g/mol. The van der Waals surface area contributed by atoms with Crippen LogP contribution in [0.2, 0.25) is 0 Å². The van der Waals surface area contributed by atoms with E-state index in [9.17, 15) is 10.1 Å². The van der Waals surface area contributed by atoms with Crippen LogP contribution in [0.3, 0.4) is 0 Å². The minimum atomic E-state index is -0.597. The molecule has 0 saturated heterocycles. The molecule has 0 aliphatic carbocycles. The highest BCUT2D eigenvalue weighted by Gasteiger charge is 2.15. The molecule has 7 heteroatoms. The topological polar surface area (TPSA) is 67.5 Å². The van der Waals surface area contributed by atoms with E-state index in [0.717, 1.165) is 27.8 Å². The van der Waals surface area contributed by atoms with Gasteiger partial charge in [-0.3, -0.25) is 15.5 Å². The molecule has 0 fully saturated rings. The Morgan fingerprint density at radius 3 is 2.33 bits per heavy atom. The third-order valence-electron chi connectivity index (χ3n) is 3.77. The molecular formula is C17H17Cl2N3O2. The maximum atomic E-state index is 10.6. The molecule has 1 N–H and O–H groups in total. The number of nitro benzene ring substituents is 1. The third kappa shape index (κ3) is 4.04. The van der Waals surface area contributed by atoms with Crippen LogP contribution in [0.25, 0.3) is 0 Å². The highest BCUT2D eigenvalue weighted by Crippen LogP contribution is 2.33. The van der Waals surface area contributed by atoms with Crippen LogP contribution in [0.15, 0.2) is 35.4 Å². The summed E-state index contributed by atoms with van der Waals surface area (Å²) < 4.78 is 0. The molecule has 126 valence electrons. The average Bonchev–Trinajstić information content (AvgIpc) is 2.50. The normalized spacial score (nSPS) is 11.2. The molecule has 0 spiro atoms. The summed E-state index contributed by atoms with van der Waals surface area (Å²) in [6.45, 7) is 5.93. The summed E-state index contributed by atoms with van der Waals surface area (Å²) >= 11 is 12.1. The number of hydrazone groups is 1. The fourth-order valence-electron chi connectivity index (χ4n) is 2.58. The van der Waals surface area contributed by atoms with Crippen LogP contribution < -0.4 is 5.43 Å². The van der Waals surface area contributed by atoms with Crippen LogP contribution in [-0.2, 0) is 0 Å². The van der Waals surface area contributed by atoms with Gasteiger partial charge in [0.25, 0.3) is 5.69 Å². The Morgan fingerprint density at radius 1 is 1.17 bits per heavy atom. The van der Waals surface area contributed by atoms with E-state index >= 15 is 0 Å². The van der Waals surface area contributed by atoms with E-state index in [4.69, 9.17) is 23.2 Å². The van der Waals surface area contributed by atoms with Crippen molar-refractivity contribution in [1.82, 2.24) is 0 Å². The first-order valence-corrected chi connectivity index (χ1v) is 8.11. The van der Waals surface area contributed by atoms with Gasteiger partial charge in [-0.25, -0.2) is 0 Å². The number of anilines is 1. The number of nitrogens with zero attached hydrogens (tertiary/aromatic N) is 2. The number of non-ortho nitro benzene ring substituents is 1. The van der Waals surface area contributed by atoms with Crippen molar-refractivity contribution >= 4 is 40.8 Å². The fraction of sp³-hybridized carbons (Fsp3) is 0.235. The average molecular weight is 366 g/mol. The van der Waals surface area contributed by atoms with E-state index in [1.807, 2.05) is 26.8 Å². The number of nitrogens with one attached hydrogen (secondary N) is 1. The molecule has 0 atom stereocenters. The predicted octanol–water partition coefficient (Wildman–Crippen LogP) is 5.44. The molecule has 0 aliphatic heterocycles. The Kier molecular flexibility index (Phi) is 5.80. The molecule has 2 rings (SSSR count). The molecule has 0 aromatic heterocycles. The summed E-state index contributed by atoms with van der Waals surface area (Å²) in [7, 11) is 0. The van der Waals surface area contributed by atoms with Crippen molar-refractivity contribution in [2.75, 3.05) is 5.43 Å². The number of aryl methyl sites for hydroxylation is 2. The van der Waals surface area contributed by atoms with Crippen LogP contribution in [0, 0.1) is 30.9 Å². The lowest BCUT2D eigenvalue weighted by molar-refractivity contribution is -0.384. The van der Waals surface area contributed by atoms with Gasteiger partial charge in [-0.15, -0.1) is 23.2 Å². The first kappa shape index (κ1) is 18.2. The third-order valence-corrected chi connectivity index (χ3v) is 4.21. The molecule has 2 aromatic rings. The van der Waals surface area contributed by atoms with Gasteiger partial charge in [-0.2, -0.15) is 5.10 Å². The quantitative estimate of drug-likeness (QED) is 0.331. The lowest BCUT2D eigenvalue weighted by Crippen LogP contribution is -2.02. The number of halogens is 2. The summed E-state index contributed by atoms with van der Waals surface area (Å²) in [4.78, 5) is 9.60. The molecule has 0 aliphatic rings. The molecule has 0 radical (unpaired) electrons. The zero-order valence-electron chi connectivity index (χ0n) is 13.5. The highest BCUT2D eigenvalue weighted by molar-refractivity contribution is 6.44. The van der Waals surface area contributed by atoms with Crippen molar-refractivity contribution in [3.63, 3.8) is 0 Å². The summed E-state index contributed by atoms with van der Waals surface area (Å²) in [5.74, 6) is 0. The van der Waals surface area contributed by atoms with Crippen LogP contribution in [-0.4, -0.2) is 11.1 Å². The highest BCUT2D eigenvalue weighted by atomic mass is 35.5. The van der Waals surface area contributed by atoms with Crippen molar-refractivity contribution in [3.8, 4) is 0 Å². The molecule has 0 bridgehead atoms. The Hall–Kier alpha value is -2.11. The van der Waals surface area contributed by atoms with Gasteiger partial charge < -0.3 is 0 Å². The van der Waals surface area contributed by atoms with E-state index < -0.39 is 9.76 Å². The lowest BCUT2D eigenvalue weighted by Gasteiger charge is -2.15. The molecular weight excluding hydrogens is 349 g/mol. The van der Waals surface area contributed by atoms with Crippen LogP contribution in [0.1, 0.15) is 32.7 Å². The van der Waals surface area contributed by atoms with E-state index in [0.29, 0.717) is 5.69 Å². The van der Waals surface area contributed by atoms with Crippen molar-refractivity contribution in [1.29, 1.82) is 0 Å². The van der Waals surface area contributed by atoms with Gasteiger partial charge in [-0.1, -0.05) is 6.07 Å². The molecule has 2 aromatic carbocycles. The first-order chi connectivity index (χ1) is 11.3. The molecule has 0 heterocycles. The minimum absolute atomic E-state index is 0.0367. The van der Waals surface area contributed by atoms with Gasteiger partial charge in [0, 0.05) is 17.7 Å². The summed E-state index contributed by atoms with van der Waals surface area (Å²) in [6, 6.07) is 8.06. The second kappa shape index (κ2) is 7.64. The van der Waals surface area contributed by atoms with Crippen molar-refractivity contribution in [3.05, 3.63) is 68.3 Å². The zero-order valence-corrected chi connectivity index (χ0v) is 15.0. The maximum Gasteiger partial charge on any atom is 0.269 e. The van der Waals surface area contributed by atoms with Crippen LogP contribution in [0.5, 0.6) is 0 Å². The smallest absolute Gasteiger partial charge is 0.269 e. The lowest BCUT2D eigenvalue weighted by atomic mass is 9.95. The molecule has 24 heavy (non-hydrogen) atoms.